The summed E-state index contributed by atoms with van der Waals surface area (Å²) < 4.78 is 11.5. The van der Waals surface area contributed by atoms with Crippen molar-refractivity contribution in [2.75, 3.05) is 21.3 Å². The van der Waals surface area contributed by atoms with E-state index in [4.69, 9.17) is 9.47 Å². The molecule has 0 radical (unpaired) electrons. The van der Waals surface area contributed by atoms with Gasteiger partial charge in [0.1, 0.15) is 16.0 Å². The number of ether oxygens (including phenoxy) is 2. The molecule has 3 nitrogen and oxygen atoms in total. The predicted octanol–water partition coefficient (Wildman–Crippen LogP) is 3.30. The third-order valence-electron chi connectivity index (χ3n) is 2.64. The van der Waals surface area contributed by atoms with Gasteiger partial charge in [-0.25, -0.2) is 0 Å². The molecule has 1 aromatic rings. The molecule has 0 bridgehead atoms. The Hall–Kier alpha value is -1.00. The Morgan fingerprint density at radius 3 is 2.59 bits per heavy atom. The lowest BCUT2D eigenvalue weighted by Gasteiger charge is -2.20. The molecular weight excluding hydrogens is 282 g/mol. The SMILES string of the molecule is C=CCC(NC)c1ccc(OC)c(Br)c1OC. The maximum Gasteiger partial charge on any atom is 0.141 e. The highest BCUT2D eigenvalue weighted by Crippen LogP contribution is 2.40. The van der Waals surface area contributed by atoms with Crippen molar-refractivity contribution in [2.45, 2.75) is 12.5 Å². The summed E-state index contributed by atoms with van der Waals surface area (Å²) in [6.45, 7) is 3.77. The number of hydrogen-bond donors (Lipinski definition) is 1. The van der Waals surface area contributed by atoms with Crippen molar-refractivity contribution in [3.63, 3.8) is 0 Å². The van der Waals surface area contributed by atoms with Gasteiger partial charge in [-0.15, -0.1) is 6.58 Å². The van der Waals surface area contributed by atoms with Crippen LogP contribution >= 0.6 is 15.9 Å². The fourth-order valence-electron chi connectivity index (χ4n) is 1.76. The monoisotopic (exact) mass is 299 g/mol. The van der Waals surface area contributed by atoms with Gasteiger partial charge in [0.25, 0.3) is 0 Å². The molecule has 0 aliphatic rings. The minimum Gasteiger partial charge on any atom is -0.495 e. The first-order valence-electron chi connectivity index (χ1n) is 5.38. The summed E-state index contributed by atoms with van der Waals surface area (Å²) >= 11 is 3.50. The molecular formula is C13H18BrNO2. The first kappa shape index (κ1) is 14.1. The Kier molecular flexibility index (Phi) is 5.51. The Morgan fingerprint density at radius 1 is 1.41 bits per heavy atom. The zero-order chi connectivity index (χ0) is 12.8. The molecule has 4 heteroatoms. The van der Waals surface area contributed by atoms with Crippen LogP contribution in [0.3, 0.4) is 0 Å². The van der Waals surface area contributed by atoms with E-state index >= 15 is 0 Å². The van der Waals surface area contributed by atoms with E-state index in [0.717, 1.165) is 28.0 Å². The summed E-state index contributed by atoms with van der Waals surface area (Å²) in [5.41, 5.74) is 1.09. The standard InChI is InChI=1S/C13H18BrNO2/c1-5-6-10(15-2)9-7-8-11(16-3)12(14)13(9)17-4/h5,7-8,10,15H,1,6H2,2-4H3. The molecule has 0 saturated heterocycles. The van der Waals surface area contributed by atoms with Crippen LogP contribution in [0.2, 0.25) is 0 Å². The topological polar surface area (TPSA) is 30.5 Å². The molecule has 0 aliphatic carbocycles. The van der Waals surface area contributed by atoms with Crippen LogP contribution in [0.5, 0.6) is 11.5 Å². The minimum absolute atomic E-state index is 0.185. The minimum atomic E-state index is 0.185. The van der Waals surface area contributed by atoms with Gasteiger partial charge in [-0.2, -0.15) is 0 Å². The Labute approximate surface area is 111 Å². The van der Waals surface area contributed by atoms with Crippen molar-refractivity contribution in [2.24, 2.45) is 0 Å². The Balaban J connectivity index is 3.23. The lowest BCUT2D eigenvalue weighted by atomic mass is 10.0. The number of nitrogens with one attached hydrogen (secondary N) is 1. The molecule has 0 aliphatic heterocycles. The van der Waals surface area contributed by atoms with E-state index in [2.05, 4.69) is 27.8 Å². The number of halogens is 1. The molecule has 1 aromatic carbocycles. The molecule has 0 aromatic heterocycles. The number of hydrogen-bond acceptors (Lipinski definition) is 3. The lowest BCUT2D eigenvalue weighted by Crippen LogP contribution is -2.16. The van der Waals surface area contributed by atoms with Gasteiger partial charge >= 0.3 is 0 Å². The smallest absolute Gasteiger partial charge is 0.141 e. The molecule has 0 heterocycles. The highest BCUT2D eigenvalue weighted by atomic mass is 79.9. The van der Waals surface area contributed by atoms with Crippen LogP contribution in [-0.2, 0) is 0 Å². The third kappa shape index (κ3) is 3.01. The first-order chi connectivity index (χ1) is 8.19. The van der Waals surface area contributed by atoms with Gasteiger partial charge in [0.15, 0.2) is 0 Å². The quantitative estimate of drug-likeness (QED) is 0.818. The van der Waals surface area contributed by atoms with E-state index in [1.54, 1.807) is 14.2 Å². The van der Waals surface area contributed by atoms with Crippen LogP contribution in [0.15, 0.2) is 29.3 Å². The van der Waals surface area contributed by atoms with Crippen molar-refractivity contribution in [1.29, 1.82) is 0 Å². The fraction of sp³-hybridized carbons (Fsp3) is 0.385. The van der Waals surface area contributed by atoms with Crippen LogP contribution in [0.25, 0.3) is 0 Å². The van der Waals surface area contributed by atoms with E-state index in [0.29, 0.717) is 0 Å². The third-order valence-corrected chi connectivity index (χ3v) is 3.39. The lowest BCUT2D eigenvalue weighted by molar-refractivity contribution is 0.381. The van der Waals surface area contributed by atoms with Gasteiger partial charge in [-0.1, -0.05) is 6.08 Å². The number of methoxy groups -OCH3 is 2. The molecule has 1 rings (SSSR count). The molecule has 1 N–H and O–H groups in total. The highest BCUT2D eigenvalue weighted by molar-refractivity contribution is 9.10. The highest BCUT2D eigenvalue weighted by Gasteiger charge is 2.18. The van der Waals surface area contributed by atoms with E-state index in [1.165, 1.54) is 0 Å². The van der Waals surface area contributed by atoms with Gasteiger partial charge in [0.2, 0.25) is 0 Å². The summed E-state index contributed by atoms with van der Waals surface area (Å²) in [6.07, 6.45) is 2.73. The van der Waals surface area contributed by atoms with E-state index in [9.17, 15) is 0 Å². The normalized spacial score (nSPS) is 12.0. The van der Waals surface area contributed by atoms with Gasteiger partial charge in [-0.05, 0) is 41.5 Å². The summed E-state index contributed by atoms with van der Waals surface area (Å²) in [5, 5.41) is 3.25. The molecule has 0 fully saturated rings. The van der Waals surface area contributed by atoms with Crippen molar-refractivity contribution < 1.29 is 9.47 Å². The molecule has 0 saturated carbocycles. The second-order valence-electron chi connectivity index (χ2n) is 3.57. The molecule has 0 amide bonds. The van der Waals surface area contributed by atoms with Crippen molar-refractivity contribution in [1.82, 2.24) is 5.32 Å². The Bertz CT molecular complexity index is 393. The van der Waals surface area contributed by atoms with Crippen molar-refractivity contribution in [3.05, 3.63) is 34.8 Å². The summed E-state index contributed by atoms with van der Waals surface area (Å²) in [6, 6.07) is 4.12. The van der Waals surface area contributed by atoms with E-state index in [-0.39, 0.29) is 6.04 Å². The average molecular weight is 300 g/mol. The molecule has 94 valence electrons. The van der Waals surface area contributed by atoms with Crippen LogP contribution in [0.1, 0.15) is 18.0 Å². The van der Waals surface area contributed by atoms with Crippen LogP contribution < -0.4 is 14.8 Å². The predicted molar refractivity (Wildman–Crippen MR) is 73.9 cm³/mol. The molecule has 0 spiro atoms. The van der Waals surface area contributed by atoms with Gasteiger partial charge in [-0.3, -0.25) is 0 Å². The number of rotatable bonds is 6. The summed E-state index contributed by atoms with van der Waals surface area (Å²) in [5.74, 6) is 1.56. The molecule has 17 heavy (non-hydrogen) atoms. The van der Waals surface area contributed by atoms with Crippen molar-refractivity contribution in [3.8, 4) is 11.5 Å². The largest absolute Gasteiger partial charge is 0.495 e. The second-order valence-corrected chi connectivity index (χ2v) is 4.36. The maximum absolute atomic E-state index is 5.45. The second kappa shape index (κ2) is 6.67. The number of benzene rings is 1. The maximum atomic E-state index is 5.45. The first-order valence-corrected chi connectivity index (χ1v) is 6.17. The molecule has 1 unspecified atom stereocenters. The van der Waals surface area contributed by atoms with E-state index in [1.807, 2.05) is 25.3 Å². The van der Waals surface area contributed by atoms with Gasteiger partial charge in [0, 0.05) is 11.6 Å². The zero-order valence-corrected chi connectivity index (χ0v) is 12.0. The van der Waals surface area contributed by atoms with Gasteiger partial charge in [0.05, 0.1) is 14.2 Å². The van der Waals surface area contributed by atoms with Crippen LogP contribution in [0.4, 0.5) is 0 Å². The fourth-order valence-corrected chi connectivity index (χ4v) is 2.44. The zero-order valence-electron chi connectivity index (χ0n) is 10.4. The summed E-state index contributed by atoms with van der Waals surface area (Å²) in [7, 11) is 5.22. The Morgan fingerprint density at radius 2 is 2.12 bits per heavy atom. The van der Waals surface area contributed by atoms with Crippen molar-refractivity contribution >= 4 is 15.9 Å². The van der Waals surface area contributed by atoms with Crippen LogP contribution in [-0.4, -0.2) is 21.3 Å². The summed E-state index contributed by atoms with van der Waals surface area (Å²) in [4.78, 5) is 0. The van der Waals surface area contributed by atoms with E-state index < -0.39 is 0 Å². The molecule has 1 atom stereocenters. The average Bonchev–Trinajstić information content (AvgIpc) is 2.35. The van der Waals surface area contributed by atoms with Crippen LogP contribution in [0, 0.1) is 0 Å². The van der Waals surface area contributed by atoms with Gasteiger partial charge < -0.3 is 14.8 Å².